The van der Waals surface area contributed by atoms with Gasteiger partial charge in [-0.05, 0) is 66.6 Å². The van der Waals surface area contributed by atoms with E-state index in [2.05, 4.69) is 4.98 Å². The molecule has 186 valence electrons. The van der Waals surface area contributed by atoms with E-state index < -0.39 is 29.5 Å². The Bertz CT molecular complexity index is 1540. The zero-order valence-electron chi connectivity index (χ0n) is 19.7. The molecule has 0 fully saturated rings. The molecule has 5 rings (SSSR count). The van der Waals surface area contributed by atoms with Crippen LogP contribution in [0.25, 0.3) is 11.0 Å². The Hall–Kier alpha value is -4.43. The van der Waals surface area contributed by atoms with Gasteiger partial charge in [0, 0.05) is 28.5 Å². The number of nitrogens with zero attached hydrogens (tertiary/aromatic N) is 2. The molecule has 8 nitrogen and oxygen atoms in total. The summed E-state index contributed by atoms with van der Waals surface area (Å²) in [5.74, 6) is -2.63. The number of halogens is 1. The molecule has 9 heteroatoms. The summed E-state index contributed by atoms with van der Waals surface area (Å²) in [5, 5.41) is 12.0. The van der Waals surface area contributed by atoms with Crippen LogP contribution in [0.3, 0.4) is 0 Å². The molecule has 0 radical (unpaired) electrons. The minimum Gasteiger partial charge on any atom is -0.503 e. The van der Waals surface area contributed by atoms with Crippen molar-refractivity contribution in [3.05, 3.63) is 106 Å². The number of esters is 1. The van der Waals surface area contributed by atoms with E-state index in [1.54, 1.807) is 48.7 Å². The fraction of sp³-hybridized carbons (Fsp3) is 0.143. The molecule has 4 aromatic rings. The van der Waals surface area contributed by atoms with Crippen LogP contribution in [0, 0.1) is 0 Å². The third-order valence-electron chi connectivity index (χ3n) is 5.97. The Kier molecular flexibility index (Phi) is 6.50. The number of fused-ring (bicyclic) bond motifs is 1. The summed E-state index contributed by atoms with van der Waals surface area (Å²) in [4.78, 5) is 44.6. The first kappa shape index (κ1) is 24.3. The molecule has 2 aromatic heterocycles. The van der Waals surface area contributed by atoms with Crippen LogP contribution in [-0.2, 0) is 9.53 Å². The van der Waals surface area contributed by atoms with Crippen molar-refractivity contribution in [2.24, 2.45) is 0 Å². The van der Waals surface area contributed by atoms with Crippen molar-refractivity contribution >= 4 is 45.9 Å². The van der Waals surface area contributed by atoms with Gasteiger partial charge < -0.3 is 14.3 Å². The number of pyridine rings is 1. The van der Waals surface area contributed by atoms with E-state index >= 15 is 0 Å². The summed E-state index contributed by atoms with van der Waals surface area (Å²) in [6.07, 6.45) is 3.78. The smallest absolute Gasteiger partial charge is 0.338 e. The number of benzene rings is 2. The second-order valence-corrected chi connectivity index (χ2v) is 8.87. The number of hydrogen-bond donors (Lipinski definition) is 1. The summed E-state index contributed by atoms with van der Waals surface area (Å²) >= 11 is 6.06. The van der Waals surface area contributed by atoms with E-state index in [4.69, 9.17) is 20.8 Å². The Morgan fingerprint density at radius 2 is 1.92 bits per heavy atom. The van der Waals surface area contributed by atoms with Crippen LogP contribution in [-0.4, -0.2) is 34.4 Å². The van der Waals surface area contributed by atoms with Gasteiger partial charge in [0.15, 0.2) is 11.5 Å². The van der Waals surface area contributed by atoms with E-state index in [1.807, 2.05) is 6.92 Å². The van der Waals surface area contributed by atoms with Crippen molar-refractivity contribution in [2.45, 2.75) is 19.4 Å². The van der Waals surface area contributed by atoms with Gasteiger partial charge in [-0.25, -0.2) is 4.79 Å². The number of carbonyl (C=O) groups excluding carboxylic acids is 3. The number of aliphatic hydroxyl groups excluding tert-OH is 1. The van der Waals surface area contributed by atoms with Crippen LogP contribution >= 0.6 is 11.6 Å². The predicted molar refractivity (Wildman–Crippen MR) is 137 cm³/mol. The van der Waals surface area contributed by atoms with Gasteiger partial charge in [-0.3, -0.25) is 19.5 Å². The normalized spacial score (nSPS) is 15.5. The Morgan fingerprint density at radius 1 is 1.14 bits per heavy atom. The van der Waals surface area contributed by atoms with Crippen LogP contribution in [0.15, 0.2) is 88.8 Å². The molecule has 0 saturated carbocycles. The van der Waals surface area contributed by atoms with Gasteiger partial charge >= 0.3 is 5.97 Å². The second kappa shape index (κ2) is 9.91. The van der Waals surface area contributed by atoms with Crippen molar-refractivity contribution in [1.82, 2.24) is 4.98 Å². The number of hydrogen-bond acceptors (Lipinski definition) is 7. The largest absolute Gasteiger partial charge is 0.503 e. The minimum absolute atomic E-state index is 0.0450. The van der Waals surface area contributed by atoms with Gasteiger partial charge in [0.2, 0.25) is 5.78 Å². The van der Waals surface area contributed by atoms with Gasteiger partial charge in [-0.2, -0.15) is 0 Å². The van der Waals surface area contributed by atoms with E-state index in [-0.39, 0.29) is 11.3 Å². The number of ketones is 1. The number of ether oxygens (including phenoxy) is 1. The van der Waals surface area contributed by atoms with Crippen molar-refractivity contribution in [3.63, 3.8) is 0 Å². The molecule has 1 unspecified atom stereocenters. The van der Waals surface area contributed by atoms with Crippen LogP contribution in [0.4, 0.5) is 5.69 Å². The molecule has 1 aliphatic heterocycles. The lowest BCUT2D eigenvalue weighted by Gasteiger charge is -2.26. The number of furan rings is 1. The van der Waals surface area contributed by atoms with E-state index in [9.17, 15) is 19.5 Å². The van der Waals surface area contributed by atoms with E-state index in [1.165, 1.54) is 29.3 Å². The second-order valence-electron chi connectivity index (χ2n) is 8.43. The quantitative estimate of drug-likeness (QED) is 0.243. The fourth-order valence-electron chi connectivity index (χ4n) is 4.25. The first-order valence-electron chi connectivity index (χ1n) is 11.6. The number of aliphatic hydroxyl groups is 1. The highest BCUT2D eigenvalue weighted by molar-refractivity contribution is 6.31. The molecule has 1 amide bonds. The highest BCUT2D eigenvalue weighted by Gasteiger charge is 2.45. The van der Waals surface area contributed by atoms with Crippen LogP contribution in [0.2, 0.25) is 5.02 Å². The molecule has 0 spiro atoms. The molecule has 3 heterocycles. The molecule has 0 bridgehead atoms. The summed E-state index contributed by atoms with van der Waals surface area (Å²) in [7, 11) is 0. The molecular formula is C28H21ClN2O6. The number of carbonyl (C=O) groups is 3. The molecule has 1 aliphatic rings. The Labute approximate surface area is 216 Å². The van der Waals surface area contributed by atoms with Crippen molar-refractivity contribution in [1.29, 1.82) is 0 Å². The molecular weight excluding hydrogens is 496 g/mol. The highest BCUT2D eigenvalue weighted by Crippen LogP contribution is 2.42. The first-order chi connectivity index (χ1) is 17.9. The maximum absolute atomic E-state index is 13.7. The maximum Gasteiger partial charge on any atom is 0.338 e. The number of anilines is 1. The molecule has 2 aromatic carbocycles. The third-order valence-corrected chi connectivity index (χ3v) is 6.21. The number of aromatic nitrogens is 1. The first-order valence-corrected chi connectivity index (χ1v) is 11.9. The zero-order chi connectivity index (χ0) is 26.1. The van der Waals surface area contributed by atoms with Gasteiger partial charge in [0.1, 0.15) is 5.58 Å². The van der Waals surface area contributed by atoms with Gasteiger partial charge in [-0.1, -0.05) is 24.6 Å². The lowest BCUT2D eigenvalue weighted by Crippen LogP contribution is -2.31. The summed E-state index contributed by atoms with van der Waals surface area (Å²) in [5.41, 5.74) is 1.49. The lowest BCUT2D eigenvalue weighted by molar-refractivity contribution is -0.117. The Balaban J connectivity index is 1.55. The lowest BCUT2D eigenvalue weighted by atomic mass is 9.96. The number of amides is 1. The van der Waals surface area contributed by atoms with Gasteiger partial charge in [0.05, 0.1) is 23.8 Å². The van der Waals surface area contributed by atoms with Gasteiger partial charge in [-0.15, -0.1) is 0 Å². The number of Topliss-reactive ketones (excluding diaryl/α,β-unsaturated/α-hetero) is 1. The Morgan fingerprint density at radius 3 is 2.62 bits per heavy atom. The third kappa shape index (κ3) is 4.47. The highest BCUT2D eigenvalue weighted by atomic mass is 35.5. The SMILES string of the molecule is CCCOC(=O)c1ccc(N2C(=O)C(O)=C(C(=O)c3cc4cc(Cl)ccc4o3)C2c2cccnc2)cc1. The zero-order valence-corrected chi connectivity index (χ0v) is 20.4. The minimum atomic E-state index is -0.983. The summed E-state index contributed by atoms with van der Waals surface area (Å²) in [6, 6.07) is 15.0. The van der Waals surface area contributed by atoms with Crippen molar-refractivity contribution < 1.29 is 28.6 Å². The average molecular weight is 517 g/mol. The van der Waals surface area contributed by atoms with Crippen LogP contribution in [0.1, 0.15) is 45.9 Å². The fourth-order valence-corrected chi connectivity index (χ4v) is 4.43. The van der Waals surface area contributed by atoms with Crippen molar-refractivity contribution in [3.8, 4) is 0 Å². The standard InChI is InChI=1S/C28H21ClN2O6/c1-2-12-36-28(35)16-5-8-20(9-6-16)31-24(17-4-3-11-30-15-17)23(26(33)27(31)34)25(32)22-14-18-13-19(29)7-10-21(18)37-22/h3-11,13-15,24,33H,2,12H2,1H3. The van der Waals surface area contributed by atoms with E-state index in [0.717, 1.165) is 0 Å². The molecule has 0 aliphatic carbocycles. The van der Waals surface area contributed by atoms with Crippen LogP contribution in [0.5, 0.6) is 0 Å². The molecule has 1 atom stereocenters. The molecule has 37 heavy (non-hydrogen) atoms. The van der Waals surface area contributed by atoms with Crippen molar-refractivity contribution in [2.75, 3.05) is 11.5 Å². The maximum atomic E-state index is 13.7. The predicted octanol–water partition coefficient (Wildman–Crippen LogP) is 5.83. The summed E-state index contributed by atoms with van der Waals surface area (Å²) < 4.78 is 10.9. The average Bonchev–Trinajstić information content (AvgIpc) is 3.45. The van der Waals surface area contributed by atoms with E-state index in [0.29, 0.717) is 45.8 Å². The summed E-state index contributed by atoms with van der Waals surface area (Å²) in [6.45, 7) is 2.19. The number of rotatable bonds is 7. The van der Waals surface area contributed by atoms with Crippen LogP contribution < -0.4 is 4.90 Å². The van der Waals surface area contributed by atoms with Gasteiger partial charge in [0.25, 0.3) is 5.91 Å². The molecule has 1 N–H and O–H groups in total. The topological polar surface area (TPSA) is 110 Å². The monoisotopic (exact) mass is 516 g/mol. The molecule has 0 saturated heterocycles.